The first kappa shape index (κ1) is 14.1. The zero-order valence-electron chi connectivity index (χ0n) is 9.54. The van der Waals surface area contributed by atoms with Crippen LogP contribution >= 0.6 is 51.5 Å². The van der Waals surface area contributed by atoms with Crippen molar-refractivity contribution in [1.82, 2.24) is 9.97 Å². The van der Waals surface area contributed by atoms with Crippen LogP contribution in [0.1, 0.15) is 11.5 Å². The fraction of sp³-hybridized carbons (Fsp3) is 0.167. The molecule has 0 saturated heterocycles. The second kappa shape index (κ2) is 6.19. The van der Waals surface area contributed by atoms with Gasteiger partial charge in [0.2, 0.25) is 0 Å². The lowest BCUT2D eigenvalue weighted by molar-refractivity contribution is 0.973. The van der Waals surface area contributed by atoms with Crippen LogP contribution in [0.2, 0.25) is 5.02 Å². The Morgan fingerprint density at radius 2 is 2.28 bits per heavy atom. The lowest BCUT2D eigenvalue weighted by Crippen LogP contribution is -1.97. The first-order valence-corrected chi connectivity index (χ1v) is 7.76. The highest BCUT2D eigenvalue weighted by molar-refractivity contribution is 9.10. The molecule has 0 spiro atoms. The number of rotatable bonds is 3. The molecular formula is C12H10BrClN2S2. The SMILES string of the molecule is Cc1[nH]c(CSc2cccc(Cl)c2)nc(=S)c1Br. The second-order valence-electron chi connectivity index (χ2n) is 3.67. The van der Waals surface area contributed by atoms with Crippen LogP contribution in [-0.2, 0) is 5.75 Å². The molecule has 6 heteroatoms. The molecule has 2 aromatic rings. The number of nitrogens with zero attached hydrogens (tertiary/aromatic N) is 1. The predicted molar refractivity (Wildman–Crippen MR) is 82.9 cm³/mol. The smallest absolute Gasteiger partial charge is 0.144 e. The van der Waals surface area contributed by atoms with E-state index in [0.717, 1.165) is 31.7 Å². The van der Waals surface area contributed by atoms with Gasteiger partial charge >= 0.3 is 0 Å². The summed E-state index contributed by atoms with van der Waals surface area (Å²) in [6.07, 6.45) is 0. The highest BCUT2D eigenvalue weighted by Crippen LogP contribution is 2.25. The first-order chi connectivity index (χ1) is 8.56. The number of halogens is 2. The maximum Gasteiger partial charge on any atom is 0.144 e. The van der Waals surface area contributed by atoms with Gasteiger partial charge in [-0.05, 0) is 41.1 Å². The molecule has 1 aromatic heterocycles. The Bertz CT molecular complexity index is 628. The van der Waals surface area contributed by atoms with E-state index in [9.17, 15) is 0 Å². The molecule has 0 bridgehead atoms. The van der Waals surface area contributed by atoms with Crippen LogP contribution < -0.4 is 0 Å². The maximum absolute atomic E-state index is 5.94. The molecule has 0 fully saturated rings. The summed E-state index contributed by atoms with van der Waals surface area (Å²) in [5.74, 6) is 1.60. The molecule has 0 radical (unpaired) electrons. The second-order valence-corrected chi connectivity index (χ2v) is 6.34. The Labute approximate surface area is 128 Å². The van der Waals surface area contributed by atoms with E-state index >= 15 is 0 Å². The van der Waals surface area contributed by atoms with Gasteiger partial charge in [0, 0.05) is 15.6 Å². The van der Waals surface area contributed by atoms with Gasteiger partial charge in [0.15, 0.2) is 0 Å². The van der Waals surface area contributed by atoms with Crippen molar-refractivity contribution in [2.45, 2.75) is 17.6 Å². The zero-order chi connectivity index (χ0) is 13.1. The van der Waals surface area contributed by atoms with Crippen molar-refractivity contribution in [3.63, 3.8) is 0 Å². The fourth-order valence-corrected chi connectivity index (χ4v) is 2.94. The van der Waals surface area contributed by atoms with Gasteiger partial charge in [0.25, 0.3) is 0 Å². The number of thioether (sulfide) groups is 1. The van der Waals surface area contributed by atoms with Gasteiger partial charge in [-0.15, -0.1) is 11.8 Å². The van der Waals surface area contributed by atoms with Crippen LogP contribution in [0.4, 0.5) is 0 Å². The van der Waals surface area contributed by atoms with Crippen molar-refractivity contribution in [3.05, 3.63) is 49.9 Å². The number of nitrogens with one attached hydrogen (secondary N) is 1. The largest absolute Gasteiger partial charge is 0.346 e. The highest BCUT2D eigenvalue weighted by atomic mass is 79.9. The molecule has 0 aliphatic rings. The highest BCUT2D eigenvalue weighted by Gasteiger charge is 2.03. The Morgan fingerprint density at radius 3 is 2.94 bits per heavy atom. The molecule has 2 nitrogen and oxygen atoms in total. The summed E-state index contributed by atoms with van der Waals surface area (Å²) in [6.45, 7) is 1.97. The van der Waals surface area contributed by atoms with Crippen LogP contribution in [0.25, 0.3) is 0 Å². The Hall–Kier alpha value is -0.360. The topological polar surface area (TPSA) is 28.7 Å². The van der Waals surface area contributed by atoms with Gasteiger partial charge in [0.1, 0.15) is 10.5 Å². The molecule has 0 amide bonds. The summed E-state index contributed by atoms with van der Waals surface area (Å²) in [5.41, 5.74) is 0.997. The van der Waals surface area contributed by atoms with E-state index in [1.165, 1.54) is 0 Å². The summed E-state index contributed by atoms with van der Waals surface area (Å²) in [7, 11) is 0. The van der Waals surface area contributed by atoms with Crippen LogP contribution in [0.3, 0.4) is 0 Å². The minimum absolute atomic E-state index is 0.591. The van der Waals surface area contributed by atoms with Gasteiger partial charge in [-0.1, -0.05) is 29.9 Å². The van der Waals surface area contributed by atoms with E-state index in [2.05, 4.69) is 25.9 Å². The molecule has 1 N–H and O–H groups in total. The monoisotopic (exact) mass is 360 g/mol. The quantitative estimate of drug-likeness (QED) is 0.605. The van der Waals surface area contributed by atoms with Crippen LogP contribution in [-0.4, -0.2) is 9.97 Å². The molecule has 18 heavy (non-hydrogen) atoms. The van der Waals surface area contributed by atoms with Gasteiger partial charge in [-0.2, -0.15) is 0 Å². The average molecular weight is 362 g/mol. The third-order valence-corrected chi connectivity index (χ3v) is 5.03. The number of hydrogen-bond acceptors (Lipinski definition) is 3. The number of aromatic nitrogens is 2. The summed E-state index contributed by atoms with van der Waals surface area (Å²) in [4.78, 5) is 8.67. The van der Waals surface area contributed by atoms with Crippen molar-refractivity contribution in [2.24, 2.45) is 0 Å². The standard InChI is InChI=1S/C12H10BrClN2S2/c1-7-11(13)12(17)16-10(15-7)6-18-9-4-2-3-8(14)5-9/h2-5H,6H2,1H3,(H,15,16,17). The number of benzene rings is 1. The van der Waals surface area contributed by atoms with E-state index in [-0.39, 0.29) is 0 Å². The van der Waals surface area contributed by atoms with Gasteiger partial charge in [-0.3, -0.25) is 0 Å². The van der Waals surface area contributed by atoms with E-state index in [0.29, 0.717) is 4.64 Å². The summed E-state index contributed by atoms with van der Waals surface area (Å²) in [6, 6.07) is 7.76. The molecule has 0 aliphatic heterocycles. The molecule has 0 unspecified atom stereocenters. The molecule has 1 heterocycles. The van der Waals surface area contributed by atoms with Crippen LogP contribution in [0, 0.1) is 11.6 Å². The van der Waals surface area contributed by atoms with Gasteiger partial charge < -0.3 is 4.98 Å². The third kappa shape index (κ3) is 3.57. The first-order valence-electron chi connectivity index (χ1n) is 5.20. The Balaban J connectivity index is 2.14. The maximum atomic E-state index is 5.94. The summed E-state index contributed by atoms with van der Waals surface area (Å²) < 4.78 is 1.45. The van der Waals surface area contributed by atoms with Crippen LogP contribution in [0.5, 0.6) is 0 Å². The van der Waals surface area contributed by atoms with Crippen molar-refractivity contribution in [3.8, 4) is 0 Å². The third-order valence-electron chi connectivity index (χ3n) is 2.26. The molecule has 0 saturated carbocycles. The number of aryl methyl sites for hydroxylation is 1. The minimum Gasteiger partial charge on any atom is -0.346 e. The van der Waals surface area contributed by atoms with E-state index in [1.54, 1.807) is 11.8 Å². The summed E-state index contributed by atoms with van der Waals surface area (Å²) in [5, 5.41) is 0.743. The average Bonchev–Trinajstić information content (AvgIpc) is 2.33. The van der Waals surface area contributed by atoms with Crippen molar-refractivity contribution >= 4 is 51.5 Å². The van der Waals surface area contributed by atoms with E-state index < -0.39 is 0 Å². The van der Waals surface area contributed by atoms with Crippen molar-refractivity contribution in [2.75, 3.05) is 0 Å². The van der Waals surface area contributed by atoms with Gasteiger partial charge in [-0.25, -0.2) is 4.98 Å². The molecule has 94 valence electrons. The van der Waals surface area contributed by atoms with E-state index in [4.69, 9.17) is 23.8 Å². The van der Waals surface area contributed by atoms with Crippen LogP contribution in [0.15, 0.2) is 33.6 Å². The Morgan fingerprint density at radius 1 is 1.50 bits per heavy atom. The zero-order valence-corrected chi connectivity index (χ0v) is 13.5. The summed E-state index contributed by atoms with van der Waals surface area (Å²) >= 11 is 16.2. The molecule has 0 atom stereocenters. The lowest BCUT2D eigenvalue weighted by atomic mass is 10.4. The van der Waals surface area contributed by atoms with Gasteiger partial charge in [0.05, 0.1) is 10.2 Å². The molecule has 2 rings (SSSR count). The molecule has 0 aliphatic carbocycles. The van der Waals surface area contributed by atoms with Crippen molar-refractivity contribution < 1.29 is 0 Å². The fourth-order valence-electron chi connectivity index (χ4n) is 1.41. The molecule has 1 aromatic carbocycles. The number of aromatic amines is 1. The van der Waals surface area contributed by atoms with E-state index in [1.807, 2.05) is 31.2 Å². The predicted octanol–water partition coefficient (Wildman–Crippen LogP) is 5.16. The molecular weight excluding hydrogens is 352 g/mol. The normalized spacial score (nSPS) is 10.6. The minimum atomic E-state index is 0.591. The lowest BCUT2D eigenvalue weighted by Gasteiger charge is -2.05. The van der Waals surface area contributed by atoms with Crippen molar-refractivity contribution in [1.29, 1.82) is 0 Å². The Kier molecular flexibility index (Phi) is 4.84. The number of H-pyrrole nitrogens is 1. The number of hydrogen-bond donors (Lipinski definition) is 1.